The minimum absolute atomic E-state index is 0.0742. The van der Waals surface area contributed by atoms with Gasteiger partial charge in [0.05, 0.1) is 5.02 Å². The Hall–Kier alpha value is -2.05. The second-order valence-corrected chi connectivity index (χ2v) is 9.82. The zero-order valence-corrected chi connectivity index (χ0v) is 18.4. The van der Waals surface area contributed by atoms with Crippen LogP contribution in [0.4, 0.5) is 5.69 Å². The minimum Gasteiger partial charge on any atom is -0.352 e. The summed E-state index contributed by atoms with van der Waals surface area (Å²) in [6.45, 7) is 4.49. The van der Waals surface area contributed by atoms with Crippen LogP contribution in [0.1, 0.15) is 53.6 Å². The lowest BCUT2D eigenvalue weighted by Crippen LogP contribution is -2.30. The van der Waals surface area contributed by atoms with Crippen molar-refractivity contribution < 1.29 is 13.2 Å². The van der Waals surface area contributed by atoms with Crippen LogP contribution in [0.3, 0.4) is 0 Å². The van der Waals surface area contributed by atoms with Crippen LogP contribution in [0.2, 0.25) is 5.02 Å². The van der Waals surface area contributed by atoms with Crippen molar-refractivity contribution in [3.63, 3.8) is 0 Å². The van der Waals surface area contributed by atoms with Gasteiger partial charge in [-0.1, -0.05) is 36.9 Å². The van der Waals surface area contributed by atoms with Gasteiger partial charge in [-0.05, 0) is 74.1 Å². The monoisotopic (exact) mass is 434 g/mol. The van der Waals surface area contributed by atoms with Crippen molar-refractivity contribution in [2.75, 3.05) is 11.3 Å². The standard InChI is InChI=1S/C22H27ClN2O3S/c1-15-8-10-19(12-16(15)2)25-29(27,28)21-13-18(9-11-20(21)23)22(26)24-14-17-6-4-3-5-7-17/h8-13,17,25H,3-7,14H2,1-2H3,(H,24,26). The maximum absolute atomic E-state index is 12.9. The number of carbonyl (C=O) groups is 1. The van der Waals surface area contributed by atoms with Gasteiger partial charge in [-0.25, -0.2) is 8.42 Å². The molecule has 1 aliphatic carbocycles. The smallest absolute Gasteiger partial charge is 0.263 e. The lowest BCUT2D eigenvalue weighted by atomic mass is 9.89. The first-order valence-corrected chi connectivity index (χ1v) is 11.8. The van der Waals surface area contributed by atoms with E-state index in [1.54, 1.807) is 18.2 Å². The van der Waals surface area contributed by atoms with Gasteiger partial charge in [0.25, 0.3) is 15.9 Å². The summed E-state index contributed by atoms with van der Waals surface area (Å²) in [5.41, 5.74) is 2.79. The normalized spacial score (nSPS) is 15.1. The highest BCUT2D eigenvalue weighted by atomic mass is 35.5. The van der Waals surface area contributed by atoms with Gasteiger partial charge in [0, 0.05) is 17.8 Å². The van der Waals surface area contributed by atoms with E-state index in [4.69, 9.17) is 11.6 Å². The molecular weight excluding hydrogens is 408 g/mol. The van der Waals surface area contributed by atoms with Crippen molar-refractivity contribution in [1.29, 1.82) is 0 Å². The molecule has 1 saturated carbocycles. The van der Waals surface area contributed by atoms with Crippen LogP contribution in [-0.4, -0.2) is 20.9 Å². The van der Waals surface area contributed by atoms with Crippen LogP contribution in [0, 0.1) is 19.8 Å². The highest BCUT2D eigenvalue weighted by Crippen LogP contribution is 2.26. The summed E-state index contributed by atoms with van der Waals surface area (Å²) < 4.78 is 28.3. The number of nitrogens with one attached hydrogen (secondary N) is 2. The Morgan fingerprint density at radius 3 is 2.45 bits per heavy atom. The Morgan fingerprint density at radius 2 is 1.76 bits per heavy atom. The zero-order chi connectivity index (χ0) is 21.0. The summed E-state index contributed by atoms with van der Waals surface area (Å²) >= 11 is 6.16. The summed E-state index contributed by atoms with van der Waals surface area (Å²) in [4.78, 5) is 12.4. The molecule has 7 heteroatoms. The average molecular weight is 435 g/mol. The second kappa shape index (κ2) is 9.18. The third kappa shape index (κ3) is 5.52. The molecule has 29 heavy (non-hydrogen) atoms. The quantitative estimate of drug-likeness (QED) is 0.666. The number of aryl methyl sites for hydroxylation is 2. The van der Waals surface area contributed by atoms with Crippen molar-refractivity contribution in [1.82, 2.24) is 5.32 Å². The van der Waals surface area contributed by atoms with Gasteiger partial charge in [0.15, 0.2) is 0 Å². The third-order valence-corrected chi connectivity index (χ3v) is 7.38. The molecule has 1 amide bonds. The predicted octanol–water partition coefficient (Wildman–Crippen LogP) is 5.07. The average Bonchev–Trinajstić information content (AvgIpc) is 2.69. The van der Waals surface area contributed by atoms with Crippen LogP contribution in [0.25, 0.3) is 0 Å². The Kier molecular flexibility index (Phi) is 6.85. The molecule has 1 aliphatic rings. The van der Waals surface area contributed by atoms with Gasteiger partial charge < -0.3 is 5.32 Å². The van der Waals surface area contributed by atoms with Gasteiger partial charge in [-0.3, -0.25) is 9.52 Å². The van der Waals surface area contributed by atoms with Gasteiger partial charge in [0.2, 0.25) is 0 Å². The summed E-state index contributed by atoms with van der Waals surface area (Å²) in [7, 11) is -3.93. The first-order valence-electron chi connectivity index (χ1n) is 9.94. The number of rotatable bonds is 6. The van der Waals surface area contributed by atoms with Gasteiger partial charge in [-0.2, -0.15) is 0 Å². The maximum atomic E-state index is 12.9. The highest BCUT2D eigenvalue weighted by Gasteiger charge is 2.21. The SMILES string of the molecule is Cc1ccc(NS(=O)(=O)c2cc(C(=O)NCC3CCCCC3)ccc2Cl)cc1C. The van der Waals surface area contributed by atoms with E-state index in [0.29, 0.717) is 18.2 Å². The van der Waals surface area contributed by atoms with Crippen molar-refractivity contribution in [2.45, 2.75) is 50.8 Å². The number of anilines is 1. The summed E-state index contributed by atoms with van der Waals surface area (Å²) in [5.74, 6) is 0.213. The van der Waals surface area contributed by atoms with E-state index in [0.717, 1.165) is 24.0 Å². The van der Waals surface area contributed by atoms with Gasteiger partial charge >= 0.3 is 0 Å². The Bertz CT molecular complexity index is 999. The largest absolute Gasteiger partial charge is 0.352 e. The predicted molar refractivity (Wildman–Crippen MR) is 117 cm³/mol. The molecule has 0 spiro atoms. The molecule has 0 bridgehead atoms. The molecule has 0 heterocycles. The lowest BCUT2D eigenvalue weighted by molar-refractivity contribution is 0.0943. The fourth-order valence-electron chi connectivity index (χ4n) is 3.60. The van der Waals surface area contributed by atoms with Crippen molar-refractivity contribution in [2.24, 2.45) is 5.92 Å². The molecule has 0 aliphatic heterocycles. The Morgan fingerprint density at radius 1 is 1.03 bits per heavy atom. The lowest BCUT2D eigenvalue weighted by Gasteiger charge is -2.21. The highest BCUT2D eigenvalue weighted by molar-refractivity contribution is 7.92. The number of amides is 1. The summed E-state index contributed by atoms with van der Waals surface area (Å²) in [6.07, 6.45) is 5.92. The number of sulfonamides is 1. The molecule has 0 unspecified atom stereocenters. The van der Waals surface area contributed by atoms with Crippen molar-refractivity contribution >= 4 is 33.2 Å². The topological polar surface area (TPSA) is 75.3 Å². The molecule has 5 nitrogen and oxygen atoms in total. The van der Waals surface area contributed by atoms with Crippen molar-refractivity contribution in [3.8, 4) is 0 Å². The number of benzene rings is 2. The first kappa shape index (κ1) is 21.7. The molecule has 156 valence electrons. The molecule has 2 aromatic rings. The van der Waals surface area contributed by atoms with Gasteiger partial charge in [-0.15, -0.1) is 0 Å². The van der Waals surface area contributed by atoms with E-state index >= 15 is 0 Å². The molecule has 0 aromatic heterocycles. The molecule has 2 aromatic carbocycles. The van der Waals surface area contributed by atoms with Crippen LogP contribution >= 0.6 is 11.6 Å². The fourth-order valence-corrected chi connectivity index (χ4v) is 5.17. The van der Waals surface area contributed by atoms with Crippen molar-refractivity contribution in [3.05, 3.63) is 58.1 Å². The Labute approximate surface area is 177 Å². The van der Waals surface area contributed by atoms with Crippen LogP contribution in [0.15, 0.2) is 41.3 Å². The van der Waals surface area contributed by atoms with E-state index < -0.39 is 10.0 Å². The molecule has 1 fully saturated rings. The van der Waals surface area contributed by atoms with E-state index in [-0.39, 0.29) is 21.4 Å². The van der Waals surface area contributed by atoms with Gasteiger partial charge in [0.1, 0.15) is 4.90 Å². The number of halogens is 1. The molecule has 0 atom stereocenters. The van der Waals surface area contributed by atoms with Crippen LogP contribution in [-0.2, 0) is 10.0 Å². The van der Waals surface area contributed by atoms with E-state index in [1.165, 1.54) is 31.4 Å². The van der Waals surface area contributed by atoms with Crippen LogP contribution < -0.4 is 10.0 Å². The summed E-state index contributed by atoms with van der Waals surface area (Å²) in [5, 5.41) is 3.01. The van der Waals surface area contributed by atoms with E-state index in [1.807, 2.05) is 19.9 Å². The number of hydrogen-bond donors (Lipinski definition) is 2. The minimum atomic E-state index is -3.93. The fraction of sp³-hybridized carbons (Fsp3) is 0.409. The van der Waals surface area contributed by atoms with Crippen LogP contribution in [0.5, 0.6) is 0 Å². The number of hydrogen-bond acceptors (Lipinski definition) is 3. The maximum Gasteiger partial charge on any atom is 0.263 e. The summed E-state index contributed by atoms with van der Waals surface area (Å²) in [6, 6.07) is 9.65. The molecule has 0 saturated heterocycles. The molecular formula is C22H27ClN2O3S. The zero-order valence-electron chi connectivity index (χ0n) is 16.8. The van der Waals surface area contributed by atoms with E-state index in [9.17, 15) is 13.2 Å². The molecule has 0 radical (unpaired) electrons. The second-order valence-electron chi connectivity index (χ2n) is 7.76. The van der Waals surface area contributed by atoms with E-state index in [2.05, 4.69) is 10.0 Å². The third-order valence-electron chi connectivity index (χ3n) is 5.52. The first-order chi connectivity index (χ1) is 13.8. The molecule has 2 N–H and O–H groups in total. The Balaban J connectivity index is 1.76. The molecule has 3 rings (SSSR count). The number of carbonyl (C=O) groups excluding carboxylic acids is 1.